The molecule has 154 valence electrons. The van der Waals surface area contributed by atoms with Gasteiger partial charge in [-0.3, -0.25) is 24.1 Å². The molecule has 0 radical (unpaired) electrons. The number of hydrogen-bond acceptors (Lipinski definition) is 6. The van der Waals surface area contributed by atoms with Gasteiger partial charge in [0.1, 0.15) is 5.65 Å². The number of hydrogen-bond donors (Lipinski definition) is 0. The van der Waals surface area contributed by atoms with Gasteiger partial charge in [-0.05, 0) is 29.8 Å². The molecule has 0 N–H and O–H groups in total. The molecule has 1 aliphatic heterocycles. The van der Waals surface area contributed by atoms with Crippen LogP contribution in [0, 0.1) is 10.1 Å². The zero-order valence-corrected chi connectivity index (χ0v) is 16.7. The molecule has 10 heteroatoms. The van der Waals surface area contributed by atoms with Crippen LogP contribution in [-0.4, -0.2) is 51.3 Å². The number of nitrogens with zero attached hydrogens (tertiary/aromatic N) is 5. The van der Waals surface area contributed by atoms with Crippen molar-refractivity contribution in [2.75, 3.05) is 31.1 Å². The highest BCUT2D eigenvalue weighted by Gasteiger charge is 2.30. The van der Waals surface area contributed by atoms with E-state index < -0.39 is 16.2 Å². The number of carbonyl (C=O) groups is 1. The Morgan fingerprint density at radius 3 is 2.60 bits per heavy atom. The molecule has 0 aliphatic carbocycles. The number of pyridine rings is 1. The van der Waals surface area contributed by atoms with Gasteiger partial charge in [-0.2, -0.15) is 0 Å². The molecule has 3 aromatic rings. The molecule has 1 fully saturated rings. The first-order valence-electron chi connectivity index (χ1n) is 9.37. The fourth-order valence-electron chi connectivity index (χ4n) is 3.55. The van der Waals surface area contributed by atoms with Gasteiger partial charge in [0, 0.05) is 37.4 Å². The van der Waals surface area contributed by atoms with Gasteiger partial charge in [0.25, 0.3) is 0 Å². The zero-order valence-electron chi connectivity index (χ0n) is 15.9. The van der Waals surface area contributed by atoms with Crippen LogP contribution in [0.4, 0.5) is 11.5 Å². The first kappa shape index (κ1) is 19.8. The maximum absolute atomic E-state index is 12.6. The molecule has 1 saturated heterocycles. The Labute approximate surface area is 176 Å². The standard InChI is InChI=1S/C20H18ClN5O4/c21-15-5-3-4-14(12-15)13-17(27)23-8-10-24(11-9-23)19-18(26(29)30)20(28)25-7-2-1-6-16(25)22-19/h1-7,12H,8-11,13H2. The minimum absolute atomic E-state index is 0.0399. The Morgan fingerprint density at radius 1 is 1.13 bits per heavy atom. The lowest BCUT2D eigenvalue weighted by Crippen LogP contribution is -2.50. The number of anilines is 1. The molecule has 0 saturated carbocycles. The molecule has 0 bridgehead atoms. The molecule has 4 rings (SSSR count). The van der Waals surface area contributed by atoms with Crippen LogP contribution in [-0.2, 0) is 11.2 Å². The number of benzene rings is 1. The van der Waals surface area contributed by atoms with Gasteiger partial charge < -0.3 is 9.80 Å². The van der Waals surface area contributed by atoms with E-state index in [2.05, 4.69) is 4.98 Å². The minimum Gasteiger partial charge on any atom is -0.347 e. The number of rotatable bonds is 4. The van der Waals surface area contributed by atoms with Crippen LogP contribution >= 0.6 is 11.6 Å². The summed E-state index contributed by atoms with van der Waals surface area (Å²) in [4.78, 5) is 43.9. The van der Waals surface area contributed by atoms with Crippen molar-refractivity contribution in [3.05, 3.63) is 79.7 Å². The topological polar surface area (TPSA) is 101 Å². The van der Waals surface area contributed by atoms with Gasteiger partial charge in [-0.25, -0.2) is 4.98 Å². The highest BCUT2D eigenvalue weighted by Crippen LogP contribution is 2.24. The second kappa shape index (κ2) is 8.11. The van der Waals surface area contributed by atoms with E-state index in [4.69, 9.17) is 11.6 Å². The van der Waals surface area contributed by atoms with Crippen molar-refractivity contribution in [2.24, 2.45) is 0 Å². The van der Waals surface area contributed by atoms with Gasteiger partial charge in [-0.15, -0.1) is 0 Å². The summed E-state index contributed by atoms with van der Waals surface area (Å²) in [6.45, 7) is 1.45. The Bertz CT molecular complexity index is 1190. The smallest absolute Gasteiger partial charge is 0.347 e. The molecule has 1 amide bonds. The van der Waals surface area contributed by atoms with Crippen molar-refractivity contribution in [2.45, 2.75) is 6.42 Å². The van der Waals surface area contributed by atoms with Gasteiger partial charge >= 0.3 is 11.2 Å². The van der Waals surface area contributed by atoms with Gasteiger partial charge in [0.15, 0.2) is 0 Å². The SMILES string of the molecule is O=C(Cc1cccc(Cl)c1)N1CCN(c2nc3ccccn3c(=O)c2[N+](=O)[O-])CC1. The summed E-state index contributed by atoms with van der Waals surface area (Å²) in [5, 5.41) is 12.2. The highest BCUT2D eigenvalue weighted by molar-refractivity contribution is 6.30. The maximum atomic E-state index is 12.6. The van der Waals surface area contributed by atoms with Crippen molar-refractivity contribution < 1.29 is 9.72 Å². The van der Waals surface area contributed by atoms with Gasteiger partial charge in [0.05, 0.1) is 11.3 Å². The number of carbonyl (C=O) groups excluding carboxylic acids is 1. The number of halogens is 1. The van der Waals surface area contributed by atoms with E-state index in [1.807, 2.05) is 6.07 Å². The van der Waals surface area contributed by atoms with Gasteiger partial charge in [-0.1, -0.05) is 29.8 Å². The van der Waals surface area contributed by atoms with Crippen LogP contribution in [0.1, 0.15) is 5.56 Å². The number of fused-ring (bicyclic) bond motifs is 1. The summed E-state index contributed by atoms with van der Waals surface area (Å²) in [7, 11) is 0. The molecular formula is C20H18ClN5O4. The van der Waals surface area contributed by atoms with Crippen LogP contribution in [0.5, 0.6) is 0 Å². The van der Waals surface area contributed by atoms with Crippen LogP contribution < -0.4 is 10.5 Å². The first-order valence-corrected chi connectivity index (χ1v) is 9.75. The number of aromatic nitrogens is 2. The second-order valence-electron chi connectivity index (χ2n) is 6.95. The fraction of sp³-hybridized carbons (Fsp3) is 0.250. The zero-order chi connectivity index (χ0) is 21.3. The van der Waals surface area contributed by atoms with E-state index in [1.54, 1.807) is 46.2 Å². The average Bonchev–Trinajstić information content (AvgIpc) is 2.73. The predicted molar refractivity (Wildman–Crippen MR) is 112 cm³/mol. The van der Waals surface area contributed by atoms with E-state index in [9.17, 15) is 19.7 Å². The molecule has 9 nitrogen and oxygen atoms in total. The molecule has 0 atom stereocenters. The highest BCUT2D eigenvalue weighted by atomic mass is 35.5. The molecule has 3 heterocycles. The monoisotopic (exact) mass is 427 g/mol. The fourth-order valence-corrected chi connectivity index (χ4v) is 3.76. The molecule has 0 unspecified atom stereocenters. The second-order valence-corrected chi connectivity index (χ2v) is 7.39. The summed E-state index contributed by atoms with van der Waals surface area (Å²) in [6, 6.07) is 12.1. The number of piperazine rings is 1. The normalized spacial score (nSPS) is 14.2. The molecule has 1 aromatic carbocycles. The van der Waals surface area contributed by atoms with Crippen molar-refractivity contribution >= 4 is 34.7 Å². The Balaban J connectivity index is 1.53. The summed E-state index contributed by atoms with van der Waals surface area (Å²) < 4.78 is 1.16. The lowest BCUT2D eigenvalue weighted by molar-refractivity contribution is -0.385. The average molecular weight is 428 g/mol. The van der Waals surface area contributed by atoms with Crippen molar-refractivity contribution in [3.63, 3.8) is 0 Å². The van der Waals surface area contributed by atoms with E-state index in [0.29, 0.717) is 36.8 Å². The lowest BCUT2D eigenvalue weighted by Gasteiger charge is -2.35. The van der Waals surface area contributed by atoms with Crippen LogP contribution in [0.15, 0.2) is 53.5 Å². The van der Waals surface area contributed by atoms with Crippen molar-refractivity contribution in [1.29, 1.82) is 0 Å². The van der Waals surface area contributed by atoms with Crippen molar-refractivity contribution in [3.8, 4) is 0 Å². The van der Waals surface area contributed by atoms with Crippen LogP contribution in [0.3, 0.4) is 0 Å². The summed E-state index contributed by atoms with van der Waals surface area (Å²) in [5.74, 6) is -0.00361. The van der Waals surface area contributed by atoms with Gasteiger partial charge in [0.2, 0.25) is 11.7 Å². The quantitative estimate of drug-likeness (QED) is 0.467. The third-order valence-corrected chi connectivity index (χ3v) is 5.29. The third kappa shape index (κ3) is 3.84. The third-order valence-electron chi connectivity index (χ3n) is 5.05. The van der Waals surface area contributed by atoms with E-state index in [0.717, 1.165) is 9.96 Å². The molecule has 0 spiro atoms. The predicted octanol–water partition coefficient (Wildman–Crippen LogP) is 2.15. The summed E-state index contributed by atoms with van der Waals surface area (Å²) in [6.07, 6.45) is 1.68. The molecule has 1 aliphatic rings. The number of nitro groups is 1. The van der Waals surface area contributed by atoms with Crippen molar-refractivity contribution in [1.82, 2.24) is 14.3 Å². The largest absolute Gasteiger partial charge is 0.376 e. The lowest BCUT2D eigenvalue weighted by atomic mass is 10.1. The van der Waals surface area contributed by atoms with E-state index in [1.165, 1.54) is 6.20 Å². The minimum atomic E-state index is -0.722. The molecular weight excluding hydrogens is 410 g/mol. The molecule has 2 aromatic heterocycles. The number of amides is 1. The van der Waals surface area contributed by atoms with Crippen LogP contribution in [0.2, 0.25) is 5.02 Å². The van der Waals surface area contributed by atoms with E-state index in [-0.39, 0.29) is 18.1 Å². The van der Waals surface area contributed by atoms with E-state index >= 15 is 0 Å². The first-order chi connectivity index (χ1) is 14.4. The van der Waals surface area contributed by atoms with Crippen LogP contribution in [0.25, 0.3) is 5.65 Å². The summed E-state index contributed by atoms with van der Waals surface area (Å²) in [5.41, 5.74) is -0.116. The Morgan fingerprint density at radius 2 is 1.90 bits per heavy atom. The summed E-state index contributed by atoms with van der Waals surface area (Å²) >= 11 is 5.97. The Hall–Kier alpha value is -3.46. The maximum Gasteiger partial charge on any atom is 0.376 e. The Kier molecular flexibility index (Phi) is 5.37. The molecule has 30 heavy (non-hydrogen) atoms.